The molecule has 28 heavy (non-hydrogen) atoms. The third kappa shape index (κ3) is 3.34. The van der Waals surface area contributed by atoms with Crippen LogP contribution < -0.4 is 10.1 Å². The summed E-state index contributed by atoms with van der Waals surface area (Å²) in [6.07, 6.45) is 0. The first-order chi connectivity index (χ1) is 13.5. The summed E-state index contributed by atoms with van der Waals surface area (Å²) in [4.78, 5) is 17.2. The van der Waals surface area contributed by atoms with Crippen LogP contribution in [-0.2, 0) is 0 Å². The summed E-state index contributed by atoms with van der Waals surface area (Å²) in [6, 6.07) is 18.8. The number of hydrogen-bond acceptors (Lipinski definition) is 4. The Kier molecular flexibility index (Phi) is 4.57. The zero-order valence-corrected chi connectivity index (χ0v) is 15.9. The maximum Gasteiger partial charge on any atom is 0.255 e. The number of carbonyl (C=O) groups is 1. The predicted octanol–water partition coefficient (Wildman–Crippen LogP) is 5.37. The number of anilines is 1. The van der Waals surface area contributed by atoms with Crippen LogP contribution in [0.1, 0.15) is 21.5 Å². The zero-order chi connectivity index (χ0) is 19.7. The molecule has 0 aliphatic carbocycles. The SMILES string of the molecule is COc1ccc2oc(-c3ccc(C)c(NC(=O)c4ccccc4C)c3)nc2c1. The van der Waals surface area contributed by atoms with Crippen LogP contribution in [0.2, 0.25) is 0 Å². The van der Waals surface area contributed by atoms with Gasteiger partial charge in [-0.25, -0.2) is 4.98 Å². The van der Waals surface area contributed by atoms with Gasteiger partial charge in [0.15, 0.2) is 5.58 Å². The monoisotopic (exact) mass is 372 g/mol. The van der Waals surface area contributed by atoms with Crippen molar-refractivity contribution >= 4 is 22.7 Å². The molecule has 0 radical (unpaired) electrons. The van der Waals surface area contributed by atoms with Gasteiger partial charge in [-0.05, 0) is 55.3 Å². The molecule has 4 aromatic rings. The van der Waals surface area contributed by atoms with E-state index in [1.54, 1.807) is 7.11 Å². The van der Waals surface area contributed by atoms with E-state index >= 15 is 0 Å². The number of carbonyl (C=O) groups excluding carboxylic acids is 1. The molecule has 0 aliphatic heterocycles. The number of oxazole rings is 1. The molecular weight excluding hydrogens is 352 g/mol. The molecule has 0 unspecified atom stereocenters. The molecule has 3 aromatic carbocycles. The number of benzene rings is 3. The summed E-state index contributed by atoms with van der Waals surface area (Å²) in [5.41, 5.74) is 5.47. The average Bonchev–Trinajstić information content (AvgIpc) is 3.13. The number of aryl methyl sites for hydroxylation is 2. The molecule has 0 aliphatic rings. The van der Waals surface area contributed by atoms with Gasteiger partial charge < -0.3 is 14.5 Å². The van der Waals surface area contributed by atoms with Gasteiger partial charge in [-0.1, -0.05) is 24.3 Å². The van der Waals surface area contributed by atoms with Crippen molar-refractivity contribution in [3.63, 3.8) is 0 Å². The van der Waals surface area contributed by atoms with Crippen molar-refractivity contribution in [3.05, 3.63) is 77.4 Å². The maximum atomic E-state index is 12.7. The molecule has 1 heterocycles. The van der Waals surface area contributed by atoms with Crippen molar-refractivity contribution in [2.75, 3.05) is 12.4 Å². The minimum atomic E-state index is -0.138. The molecule has 0 spiro atoms. The number of fused-ring (bicyclic) bond motifs is 1. The summed E-state index contributed by atoms with van der Waals surface area (Å²) in [7, 11) is 1.62. The van der Waals surface area contributed by atoms with E-state index in [-0.39, 0.29) is 5.91 Å². The van der Waals surface area contributed by atoms with E-state index in [0.29, 0.717) is 17.0 Å². The quantitative estimate of drug-likeness (QED) is 0.523. The van der Waals surface area contributed by atoms with Crippen LogP contribution in [0.3, 0.4) is 0 Å². The van der Waals surface area contributed by atoms with Crippen LogP contribution in [0, 0.1) is 13.8 Å². The highest BCUT2D eigenvalue weighted by molar-refractivity contribution is 6.05. The van der Waals surface area contributed by atoms with Crippen molar-refractivity contribution < 1.29 is 13.9 Å². The standard InChI is InChI=1S/C23H20N2O3/c1-14-6-4-5-7-18(14)22(26)24-19-12-16(9-8-15(19)2)23-25-20-13-17(27-3)10-11-21(20)28-23/h4-13H,1-3H3,(H,24,26). The molecule has 0 bridgehead atoms. The van der Waals surface area contributed by atoms with Gasteiger partial charge in [0.25, 0.3) is 5.91 Å². The largest absolute Gasteiger partial charge is 0.497 e. The normalized spacial score (nSPS) is 10.8. The first-order valence-electron chi connectivity index (χ1n) is 8.98. The fourth-order valence-corrected chi connectivity index (χ4v) is 3.06. The van der Waals surface area contributed by atoms with Crippen LogP contribution in [-0.4, -0.2) is 18.0 Å². The molecule has 5 heteroatoms. The highest BCUT2D eigenvalue weighted by atomic mass is 16.5. The number of rotatable bonds is 4. The van der Waals surface area contributed by atoms with Crippen molar-refractivity contribution in [1.29, 1.82) is 0 Å². The van der Waals surface area contributed by atoms with E-state index in [2.05, 4.69) is 10.3 Å². The number of amides is 1. The number of aromatic nitrogens is 1. The molecular formula is C23H20N2O3. The molecule has 1 N–H and O–H groups in total. The average molecular weight is 372 g/mol. The molecule has 1 aromatic heterocycles. The minimum absolute atomic E-state index is 0.138. The third-order valence-electron chi connectivity index (χ3n) is 4.72. The summed E-state index contributed by atoms with van der Waals surface area (Å²) in [5.74, 6) is 1.08. The second kappa shape index (κ2) is 7.19. The lowest BCUT2D eigenvalue weighted by Gasteiger charge is -2.11. The van der Waals surface area contributed by atoms with E-state index in [1.165, 1.54) is 0 Å². The molecule has 0 atom stereocenters. The lowest BCUT2D eigenvalue weighted by molar-refractivity contribution is 0.102. The van der Waals surface area contributed by atoms with Gasteiger partial charge in [0.1, 0.15) is 11.3 Å². The number of ether oxygens (including phenoxy) is 1. The first-order valence-corrected chi connectivity index (χ1v) is 8.98. The van der Waals surface area contributed by atoms with E-state index < -0.39 is 0 Å². The van der Waals surface area contributed by atoms with Crippen LogP contribution in [0.15, 0.2) is 65.1 Å². The second-order valence-electron chi connectivity index (χ2n) is 6.65. The summed E-state index contributed by atoms with van der Waals surface area (Å²) < 4.78 is 11.1. The van der Waals surface area contributed by atoms with Gasteiger partial charge in [0, 0.05) is 22.9 Å². The Balaban J connectivity index is 1.67. The first kappa shape index (κ1) is 17.8. The fraction of sp³-hybridized carbons (Fsp3) is 0.130. The van der Waals surface area contributed by atoms with Crippen LogP contribution in [0.25, 0.3) is 22.6 Å². The molecule has 1 amide bonds. The summed E-state index contributed by atoms with van der Waals surface area (Å²) in [5, 5.41) is 3.00. The van der Waals surface area contributed by atoms with Gasteiger partial charge in [0.05, 0.1) is 7.11 Å². The molecule has 5 nitrogen and oxygen atoms in total. The Morgan fingerprint density at radius 1 is 1.00 bits per heavy atom. The Labute approximate surface area is 163 Å². The minimum Gasteiger partial charge on any atom is -0.497 e. The maximum absolute atomic E-state index is 12.7. The van der Waals surface area contributed by atoms with Gasteiger partial charge in [-0.3, -0.25) is 4.79 Å². The lowest BCUT2D eigenvalue weighted by Crippen LogP contribution is -2.14. The molecule has 4 rings (SSSR count). The topological polar surface area (TPSA) is 64.4 Å². The highest BCUT2D eigenvalue weighted by Crippen LogP contribution is 2.29. The van der Waals surface area contributed by atoms with E-state index in [0.717, 1.165) is 33.6 Å². The molecule has 0 fully saturated rings. The lowest BCUT2D eigenvalue weighted by atomic mass is 10.1. The van der Waals surface area contributed by atoms with Crippen LogP contribution in [0.4, 0.5) is 5.69 Å². The smallest absolute Gasteiger partial charge is 0.255 e. The Morgan fingerprint density at radius 3 is 2.61 bits per heavy atom. The second-order valence-corrected chi connectivity index (χ2v) is 6.65. The van der Waals surface area contributed by atoms with E-state index in [4.69, 9.17) is 9.15 Å². The number of nitrogens with zero attached hydrogens (tertiary/aromatic N) is 1. The van der Waals surface area contributed by atoms with E-state index in [9.17, 15) is 4.79 Å². The Morgan fingerprint density at radius 2 is 1.82 bits per heavy atom. The van der Waals surface area contributed by atoms with Crippen LogP contribution >= 0.6 is 0 Å². The van der Waals surface area contributed by atoms with Gasteiger partial charge >= 0.3 is 0 Å². The highest BCUT2D eigenvalue weighted by Gasteiger charge is 2.14. The van der Waals surface area contributed by atoms with Crippen LogP contribution in [0.5, 0.6) is 5.75 Å². The third-order valence-corrected chi connectivity index (χ3v) is 4.72. The Hall–Kier alpha value is -3.60. The molecule has 140 valence electrons. The van der Waals surface area contributed by atoms with E-state index in [1.807, 2.05) is 74.5 Å². The number of methoxy groups -OCH3 is 1. The summed E-state index contributed by atoms with van der Waals surface area (Å²) >= 11 is 0. The molecule has 0 saturated heterocycles. The fourth-order valence-electron chi connectivity index (χ4n) is 3.06. The number of hydrogen-bond donors (Lipinski definition) is 1. The van der Waals surface area contributed by atoms with Crippen molar-refractivity contribution in [2.45, 2.75) is 13.8 Å². The van der Waals surface area contributed by atoms with Gasteiger partial charge in [-0.2, -0.15) is 0 Å². The van der Waals surface area contributed by atoms with Crippen molar-refractivity contribution in [2.24, 2.45) is 0 Å². The summed E-state index contributed by atoms with van der Waals surface area (Å²) in [6.45, 7) is 3.87. The zero-order valence-electron chi connectivity index (χ0n) is 15.9. The van der Waals surface area contributed by atoms with Crippen molar-refractivity contribution in [1.82, 2.24) is 4.98 Å². The number of nitrogens with one attached hydrogen (secondary N) is 1. The van der Waals surface area contributed by atoms with Crippen molar-refractivity contribution in [3.8, 4) is 17.2 Å². The predicted molar refractivity (Wildman–Crippen MR) is 110 cm³/mol. The van der Waals surface area contributed by atoms with Gasteiger partial charge in [0.2, 0.25) is 5.89 Å². The van der Waals surface area contributed by atoms with Gasteiger partial charge in [-0.15, -0.1) is 0 Å². The Bertz CT molecular complexity index is 1180. The molecule has 0 saturated carbocycles.